The van der Waals surface area contributed by atoms with E-state index in [-0.39, 0.29) is 6.04 Å². The second kappa shape index (κ2) is 5.93. The number of aryl methyl sites for hydroxylation is 2. The summed E-state index contributed by atoms with van der Waals surface area (Å²) >= 11 is 12.0. The van der Waals surface area contributed by atoms with Crippen LogP contribution in [-0.4, -0.2) is 0 Å². The molecule has 0 amide bonds. The highest BCUT2D eigenvalue weighted by Gasteiger charge is 2.14. The van der Waals surface area contributed by atoms with Crippen molar-refractivity contribution in [2.75, 3.05) is 0 Å². The minimum Gasteiger partial charge on any atom is -0.271 e. The first kappa shape index (κ1) is 14.4. The highest BCUT2D eigenvalue weighted by Crippen LogP contribution is 2.29. The second-order valence-electron chi connectivity index (χ2n) is 4.69. The van der Waals surface area contributed by atoms with E-state index in [0.717, 1.165) is 11.1 Å². The van der Waals surface area contributed by atoms with E-state index in [1.165, 1.54) is 11.1 Å². The standard InChI is InChI=1S/C15H16Cl2N2/c1-9-5-10(2)7-12(6-9)15(19-18)11-3-4-13(16)14(17)8-11/h3-8,15,19H,18H2,1-2H3. The van der Waals surface area contributed by atoms with Gasteiger partial charge in [0.1, 0.15) is 0 Å². The monoisotopic (exact) mass is 294 g/mol. The Hall–Kier alpha value is -1.06. The van der Waals surface area contributed by atoms with E-state index in [0.29, 0.717) is 10.0 Å². The Balaban J connectivity index is 2.46. The molecular formula is C15H16Cl2N2. The zero-order valence-corrected chi connectivity index (χ0v) is 12.4. The van der Waals surface area contributed by atoms with Gasteiger partial charge in [-0.05, 0) is 37.1 Å². The van der Waals surface area contributed by atoms with Crippen LogP contribution in [0.5, 0.6) is 0 Å². The predicted molar refractivity (Wildman–Crippen MR) is 81.5 cm³/mol. The van der Waals surface area contributed by atoms with Crippen LogP contribution < -0.4 is 11.3 Å². The topological polar surface area (TPSA) is 38.0 Å². The summed E-state index contributed by atoms with van der Waals surface area (Å²) in [6.45, 7) is 4.14. The first-order valence-electron chi connectivity index (χ1n) is 6.00. The van der Waals surface area contributed by atoms with Gasteiger partial charge in [0.2, 0.25) is 0 Å². The van der Waals surface area contributed by atoms with E-state index < -0.39 is 0 Å². The molecule has 1 unspecified atom stereocenters. The second-order valence-corrected chi connectivity index (χ2v) is 5.51. The van der Waals surface area contributed by atoms with Crippen LogP contribution in [0.25, 0.3) is 0 Å². The molecular weight excluding hydrogens is 279 g/mol. The van der Waals surface area contributed by atoms with Crippen molar-refractivity contribution in [1.29, 1.82) is 0 Å². The molecule has 0 spiro atoms. The Morgan fingerprint density at radius 2 is 1.53 bits per heavy atom. The van der Waals surface area contributed by atoms with Gasteiger partial charge >= 0.3 is 0 Å². The summed E-state index contributed by atoms with van der Waals surface area (Å²) in [4.78, 5) is 0. The Kier molecular flexibility index (Phi) is 4.48. The third-order valence-electron chi connectivity index (χ3n) is 3.02. The largest absolute Gasteiger partial charge is 0.271 e. The zero-order valence-electron chi connectivity index (χ0n) is 10.9. The van der Waals surface area contributed by atoms with Crippen molar-refractivity contribution in [3.63, 3.8) is 0 Å². The molecule has 0 fully saturated rings. The molecule has 2 rings (SSSR count). The maximum Gasteiger partial charge on any atom is 0.0710 e. The third kappa shape index (κ3) is 3.28. The van der Waals surface area contributed by atoms with Gasteiger partial charge in [0.25, 0.3) is 0 Å². The lowest BCUT2D eigenvalue weighted by Crippen LogP contribution is -2.29. The minimum atomic E-state index is -0.103. The molecule has 0 aliphatic rings. The number of hydrogen-bond acceptors (Lipinski definition) is 2. The lowest BCUT2D eigenvalue weighted by atomic mass is 9.96. The molecule has 0 saturated carbocycles. The molecule has 0 heterocycles. The van der Waals surface area contributed by atoms with Crippen molar-refractivity contribution in [2.24, 2.45) is 5.84 Å². The molecule has 0 bridgehead atoms. The summed E-state index contributed by atoms with van der Waals surface area (Å²) in [6.07, 6.45) is 0. The first-order valence-corrected chi connectivity index (χ1v) is 6.76. The first-order chi connectivity index (χ1) is 9.01. The van der Waals surface area contributed by atoms with Gasteiger partial charge in [-0.15, -0.1) is 0 Å². The average molecular weight is 295 g/mol. The van der Waals surface area contributed by atoms with Crippen molar-refractivity contribution < 1.29 is 0 Å². The van der Waals surface area contributed by atoms with E-state index in [1.807, 2.05) is 12.1 Å². The molecule has 19 heavy (non-hydrogen) atoms. The quantitative estimate of drug-likeness (QED) is 0.659. The van der Waals surface area contributed by atoms with Crippen LogP contribution in [0.2, 0.25) is 10.0 Å². The van der Waals surface area contributed by atoms with Gasteiger partial charge in [-0.1, -0.05) is 58.6 Å². The highest BCUT2D eigenvalue weighted by molar-refractivity contribution is 6.42. The van der Waals surface area contributed by atoms with Crippen LogP contribution >= 0.6 is 23.2 Å². The number of rotatable bonds is 3. The molecule has 2 nitrogen and oxygen atoms in total. The summed E-state index contributed by atoms with van der Waals surface area (Å²) < 4.78 is 0. The number of hydrogen-bond donors (Lipinski definition) is 2. The average Bonchev–Trinajstić information content (AvgIpc) is 2.33. The molecule has 1 atom stereocenters. The molecule has 2 aromatic rings. The smallest absolute Gasteiger partial charge is 0.0710 e. The predicted octanol–water partition coefficient (Wildman–Crippen LogP) is 4.16. The Morgan fingerprint density at radius 1 is 0.895 bits per heavy atom. The normalized spacial score (nSPS) is 12.5. The van der Waals surface area contributed by atoms with Crippen LogP contribution in [0.15, 0.2) is 36.4 Å². The molecule has 0 radical (unpaired) electrons. The van der Waals surface area contributed by atoms with Gasteiger partial charge in [-0.25, -0.2) is 5.43 Å². The highest BCUT2D eigenvalue weighted by atomic mass is 35.5. The number of hydrazine groups is 1. The Morgan fingerprint density at radius 3 is 2.05 bits per heavy atom. The SMILES string of the molecule is Cc1cc(C)cc(C(NN)c2ccc(Cl)c(Cl)c2)c1. The third-order valence-corrected chi connectivity index (χ3v) is 3.76. The van der Waals surface area contributed by atoms with Crippen molar-refractivity contribution in [3.05, 3.63) is 68.7 Å². The number of nitrogens with two attached hydrogens (primary N) is 1. The van der Waals surface area contributed by atoms with Crippen LogP contribution in [-0.2, 0) is 0 Å². The van der Waals surface area contributed by atoms with E-state index in [2.05, 4.69) is 37.5 Å². The van der Waals surface area contributed by atoms with Gasteiger partial charge in [-0.2, -0.15) is 0 Å². The van der Waals surface area contributed by atoms with E-state index in [4.69, 9.17) is 29.0 Å². The zero-order chi connectivity index (χ0) is 14.0. The van der Waals surface area contributed by atoms with Gasteiger partial charge in [0.15, 0.2) is 0 Å². The summed E-state index contributed by atoms with van der Waals surface area (Å²) in [5, 5.41) is 1.07. The molecule has 4 heteroatoms. The molecule has 2 aromatic carbocycles. The molecule has 3 N–H and O–H groups in total. The van der Waals surface area contributed by atoms with E-state index in [9.17, 15) is 0 Å². The fourth-order valence-corrected chi connectivity index (χ4v) is 2.56. The van der Waals surface area contributed by atoms with Crippen LogP contribution in [0.1, 0.15) is 28.3 Å². The van der Waals surface area contributed by atoms with E-state index in [1.54, 1.807) is 6.07 Å². The fraction of sp³-hybridized carbons (Fsp3) is 0.200. The molecule has 100 valence electrons. The Bertz CT molecular complexity index is 576. The summed E-state index contributed by atoms with van der Waals surface area (Å²) in [5.41, 5.74) is 7.34. The van der Waals surface area contributed by atoms with Crippen molar-refractivity contribution in [2.45, 2.75) is 19.9 Å². The van der Waals surface area contributed by atoms with Crippen LogP contribution in [0.3, 0.4) is 0 Å². The van der Waals surface area contributed by atoms with Crippen molar-refractivity contribution in [3.8, 4) is 0 Å². The molecule has 0 saturated heterocycles. The lowest BCUT2D eigenvalue weighted by Gasteiger charge is -2.18. The van der Waals surface area contributed by atoms with Crippen LogP contribution in [0.4, 0.5) is 0 Å². The number of benzene rings is 2. The fourth-order valence-electron chi connectivity index (χ4n) is 2.25. The van der Waals surface area contributed by atoms with Crippen molar-refractivity contribution >= 4 is 23.2 Å². The minimum absolute atomic E-state index is 0.103. The van der Waals surface area contributed by atoms with Gasteiger partial charge in [-0.3, -0.25) is 5.84 Å². The lowest BCUT2D eigenvalue weighted by molar-refractivity contribution is 0.636. The molecule has 0 aliphatic heterocycles. The number of nitrogens with one attached hydrogen (secondary N) is 1. The summed E-state index contributed by atoms with van der Waals surface area (Å²) in [7, 11) is 0. The maximum atomic E-state index is 6.06. The summed E-state index contributed by atoms with van der Waals surface area (Å²) in [6, 6.07) is 11.8. The molecule has 0 aliphatic carbocycles. The van der Waals surface area contributed by atoms with Gasteiger partial charge < -0.3 is 0 Å². The summed E-state index contributed by atoms with van der Waals surface area (Å²) in [5.74, 6) is 5.70. The Labute approximate surface area is 123 Å². The van der Waals surface area contributed by atoms with E-state index >= 15 is 0 Å². The van der Waals surface area contributed by atoms with Crippen LogP contribution in [0, 0.1) is 13.8 Å². The van der Waals surface area contributed by atoms with Gasteiger partial charge in [0, 0.05) is 0 Å². The van der Waals surface area contributed by atoms with Crippen molar-refractivity contribution in [1.82, 2.24) is 5.43 Å². The van der Waals surface area contributed by atoms with Gasteiger partial charge in [0.05, 0.1) is 16.1 Å². The number of halogens is 2. The molecule has 0 aromatic heterocycles. The maximum absolute atomic E-state index is 6.06.